The van der Waals surface area contributed by atoms with E-state index in [0.29, 0.717) is 0 Å². The minimum Gasteiger partial charge on any atom is -0.0928 e. The zero-order chi connectivity index (χ0) is 9.52. The van der Waals surface area contributed by atoms with E-state index < -0.39 is 0 Å². The molecule has 0 saturated carbocycles. The Kier molecular flexibility index (Phi) is 5.72. The SMILES string of the molecule is BrCCC(CBr)Cc1ccccc1. The Hall–Kier alpha value is 0.180. The van der Waals surface area contributed by atoms with Gasteiger partial charge in [0.15, 0.2) is 0 Å². The molecule has 1 rings (SSSR count). The Morgan fingerprint density at radius 3 is 2.31 bits per heavy atom. The zero-order valence-corrected chi connectivity index (χ0v) is 10.7. The summed E-state index contributed by atoms with van der Waals surface area (Å²) in [5.74, 6) is 0.752. The van der Waals surface area contributed by atoms with Gasteiger partial charge in [0.2, 0.25) is 0 Å². The van der Waals surface area contributed by atoms with Crippen molar-refractivity contribution in [2.24, 2.45) is 5.92 Å². The second kappa shape index (κ2) is 6.61. The normalized spacial score (nSPS) is 12.8. The molecule has 1 aromatic rings. The van der Waals surface area contributed by atoms with Gasteiger partial charge >= 0.3 is 0 Å². The van der Waals surface area contributed by atoms with Crippen LogP contribution in [0.5, 0.6) is 0 Å². The van der Waals surface area contributed by atoms with Crippen molar-refractivity contribution in [3.63, 3.8) is 0 Å². The summed E-state index contributed by atoms with van der Waals surface area (Å²) in [6, 6.07) is 10.7. The van der Waals surface area contributed by atoms with E-state index >= 15 is 0 Å². The van der Waals surface area contributed by atoms with Crippen LogP contribution in [0.3, 0.4) is 0 Å². The van der Waals surface area contributed by atoms with E-state index in [2.05, 4.69) is 62.2 Å². The molecule has 0 radical (unpaired) electrons. The molecule has 1 aromatic carbocycles. The summed E-state index contributed by atoms with van der Waals surface area (Å²) in [4.78, 5) is 0. The third-order valence-corrected chi connectivity index (χ3v) is 3.48. The van der Waals surface area contributed by atoms with Crippen molar-refractivity contribution >= 4 is 31.9 Å². The number of hydrogen-bond acceptors (Lipinski definition) is 0. The lowest BCUT2D eigenvalue weighted by Crippen LogP contribution is -2.06. The van der Waals surface area contributed by atoms with Crippen LogP contribution >= 0.6 is 31.9 Å². The van der Waals surface area contributed by atoms with E-state index in [-0.39, 0.29) is 0 Å². The Morgan fingerprint density at radius 1 is 1.08 bits per heavy atom. The van der Waals surface area contributed by atoms with Gasteiger partial charge in [0.25, 0.3) is 0 Å². The lowest BCUT2D eigenvalue weighted by atomic mass is 9.99. The third kappa shape index (κ3) is 4.28. The number of halogens is 2. The van der Waals surface area contributed by atoms with Gasteiger partial charge in [0.05, 0.1) is 0 Å². The standard InChI is InChI=1S/C11H14Br2/c12-7-6-11(9-13)8-10-4-2-1-3-5-10/h1-5,11H,6-9H2. The van der Waals surface area contributed by atoms with Gasteiger partial charge in [0, 0.05) is 10.7 Å². The lowest BCUT2D eigenvalue weighted by Gasteiger charge is -2.11. The fraction of sp³-hybridized carbons (Fsp3) is 0.455. The summed E-state index contributed by atoms with van der Waals surface area (Å²) in [6.45, 7) is 0. The molecule has 2 heteroatoms. The van der Waals surface area contributed by atoms with Crippen LogP contribution in [0, 0.1) is 5.92 Å². The maximum absolute atomic E-state index is 3.55. The van der Waals surface area contributed by atoms with Crippen LogP contribution in [-0.4, -0.2) is 10.7 Å². The minimum atomic E-state index is 0.752. The van der Waals surface area contributed by atoms with Crippen molar-refractivity contribution in [3.8, 4) is 0 Å². The van der Waals surface area contributed by atoms with Gasteiger partial charge in [-0.2, -0.15) is 0 Å². The summed E-state index contributed by atoms with van der Waals surface area (Å²) in [5, 5.41) is 2.18. The maximum Gasteiger partial charge on any atom is 0.00631 e. The molecule has 13 heavy (non-hydrogen) atoms. The molecule has 0 spiro atoms. The van der Waals surface area contributed by atoms with Crippen molar-refractivity contribution in [3.05, 3.63) is 35.9 Å². The average molecular weight is 306 g/mol. The first kappa shape index (κ1) is 11.3. The van der Waals surface area contributed by atoms with Crippen molar-refractivity contribution in [2.45, 2.75) is 12.8 Å². The number of benzene rings is 1. The largest absolute Gasteiger partial charge is 0.0928 e. The summed E-state index contributed by atoms with van der Waals surface area (Å²) >= 11 is 7.04. The second-order valence-electron chi connectivity index (χ2n) is 3.19. The highest BCUT2D eigenvalue weighted by molar-refractivity contribution is 9.09. The highest BCUT2D eigenvalue weighted by Gasteiger charge is 2.06. The summed E-state index contributed by atoms with van der Waals surface area (Å²) < 4.78 is 0. The number of rotatable bonds is 5. The van der Waals surface area contributed by atoms with E-state index in [4.69, 9.17) is 0 Å². The van der Waals surface area contributed by atoms with E-state index in [9.17, 15) is 0 Å². The molecule has 0 aliphatic carbocycles. The molecule has 0 amide bonds. The predicted molar refractivity (Wildman–Crippen MR) is 65.8 cm³/mol. The molecule has 72 valence electrons. The van der Waals surface area contributed by atoms with Crippen LogP contribution in [0.25, 0.3) is 0 Å². The van der Waals surface area contributed by atoms with Crippen LogP contribution in [0.4, 0.5) is 0 Å². The molecular formula is C11H14Br2. The number of alkyl halides is 2. The van der Waals surface area contributed by atoms with E-state index in [1.54, 1.807) is 0 Å². The second-order valence-corrected chi connectivity index (χ2v) is 4.63. The topological polar surface area (TPSA) is 0 Å². The minimum absolute atomic E-state index is 0.752. The average Bonchev–Trinajstić information content (AvgIpc) is 2.19. The Balaban J connectivity index is 2.46. The molecule has 0 heterocycles. The molecule has 0 N–H and O–H groups in total. The Morgan fingerprint density at radius 2 is 1.77 bits per heavy atom. The first-order valence-electron chi connectivity index (χ1n) is 4.52. The molecule has 0 bridgehead atoms. The molecule has 0 fully saturated rings. The van der Waals surface area contributed by atoms with Crippen LogP contribution in [0.1, 0.15) is 12.0 Å². The quantitative estimate of drug-likeness (QED) is 0.721. The first-order chi connectivity index (χ1) is 6.36. The smallest absolute Gasteiger partial charge is 0.00631 e. The monoisotopic (exact) mass is 304 g/mol. The van der Waals surface area contributed by atoms with Gasteiger partial charge in [-0.25, -0.2) is 0 Å². The fourth-order valence-electron chi connectivity index (χ4n) is 1.34. The maximum atomic E-state index is 3.55. The van der Waals surface area contributed by atoms with Crippen molar-refractivity contribution in [2.75, 3.05) is 10.7 Å². The molecule has 0 aliphatic heterocycles. The molecule has 0 aliphatic rings. The van der Waals surface area contributed by atoms with Crippen molar-refractivity contribution < 1.29 is 0 Å². The predicted octanol–water partition coefficient (Wildman–Crippen LogP) is 4.03. The third-order valence-electron chi connectivity index (χ3n) is 2.10. The van der Waals surface area contributed by atoms with Gasteiger partial charge in [0.1, 0.15) is 0 Å². The van der Waals surface area contributed by atoms with Crippen molar-refractivity contribution in [1.29, 1.82) is 0 Å². The van der Waals surface area contributed by atoms with Crippen LogP contribution in [0.15, 0.2) is 30.3 Å². The van der Waals surface area contributed by atoms with Crippen LogP contribution in [0.2, 0.25) is 0 Å². The fourth-order valence-corrected chi connectivity index (χ4v) is 2.54. The van der Waals surface area contributed by atoms with Crippen LogP contribution < -0.4 is 0 Å². The Labute approximate surface area is 97.0 Å². The van der Waals surface area contributed by atoms with Gasteiger partial charge < -0.3 is 0 Å². The molecule has 0 saturated heterocycles. The van der Waals surface area contributed by atoms with Gasteiger partial charge in [-0.3, -0.25) is 0 Å². The van der Waals surface area contributed by atoms with Crippen LogP contribution in [-0.2, 0) is 6.42 Å². The molecule has 1 unspecified atom stereocenters. The zero-order valence-electron chi connectivity index (χ0n) is 7.55. The summed E-state index contributed by atoms with van der Waals surface area (Å²) in [5.41, 5.74) is 1.44. The highest BCUT2D eigenvalue weighted by atomic mass is 79.9. The van der Waals surface area contributed by atoms with Gasteiger partial charge in [-0.05, 0) is 24.3 Å². The summed E-state index contributed by atoms with van der Waals surface area (Å²) in [7, 11) is 0. The highest BCUT2D eigenvalue weighted by Crippen LogP contribution is 2.15. The number of hydrogen-bond donors (Lipinski definition) is 0. The first-order valence-corrected chi connectivity index (χ1v) is 6.77. The molecule has 0 nitrogen and oxygen atoms in total. The molecular weight excluding hydrogens is 292 g/mol. The van der Waals surface area contributed by atoms with Gasteiger partial charge in [-0.15, -0.1) is 0 Å². The van der Waals surface area contributed by atoms with Gasteiger partial charge in [-0.1, -0.05) is 62.2 Å². The van der Waals surface area contributed by atoms with E-state index in [1.165, 1.54) is 18.4 Å². The Bertz CT molecular complexity index is 221. The van der Waals surface area contributed by atoms with Crippen molar-refractivity contribution in [1.82, 2.24) is 0 Å². The lowest BCUT2D eigenvalue weighted by molar-refractivity contribution is 0.580. The molecule has 0 aromatic heterocycles. The summed E-state index contributed by atoms with van der Waals surface area (Å²) in [6.07, 6.45) is 2.41. The van der Waals surface area contributed by atoms with E-state index in [1.807, 2.05) is 0 Å². The van der Waals surface area contributed by atoms with E-state index in [0.717, 1.165) is 16.6 Å². The molecule has 1 atom stereocenters.